The zero-order chi connectivity index (χ0) is 13.9. The number of hydrogen-bond acceptors (Lipinski definition) is 4. The molecule has 1 aromatic rings. The first-order chi connectivity index (χ1) is 9.01. The van der Waals surface area contributed by atoms with E-state index in [9.17, 15) is 0 Å². The predicted octanol–water partition coefficient (Wildman–Crippen LogP) is 3.73. The van der Waals surface area contributed by atoms with Crippen LogP contribution in [0, 0.1) is 11.3 Å². The van der Waals surface area contributed by atoms with Crippen LogP contribution in [0.4, 0.5) is 11.8 Å². The normalized spacial score (nSPS) is 17.9. The Hall–Kier alpha value is -1.03. The molecule has 5 heteroatoms. The van der Waals surface area contributed by atoms with Crippen molar-refractivity contribution in [2.75, 3.05) is 17.6 Å². The average Bonchev–Trinajstić information content (AvgIpc) is 2.78. The fraction of sp³-hybridized carbons (Fsp3) is 0.714. The molecule has 0 atom stereocenters. The fourth-order valence-corrected chi connectivity index (χ4v) is 3.38. The molecule has 0 amide bonds. The van der Waals surface area contributed by atoms with Crippen LogP contribution in [0.2, 0.25) is 5.02 Å². The summed E-state index contributed by atoms with van der Waals surface area (Å²) >= 11 is 6.09. The first-order valence-electron chi connectivity index (χ1n) is 7.03. The van der Waals surface area contributed by atoms with Gasteiger partial charge in [0.25, 0.3) is 0 Å². The van der Waals surface area contributed by atoms with Crippen molar-refractivity contribution in [1.29, 1.82) is 0 Å². The van der Waals surface area contributed by atoms with Crippen LogP contribution in [0.25, 0.3) is 0 Å². The van der Waals surface area contributed by atoms with Gasteiger partial charge < -0.3 is 11.1 Å². The number of aromatic nitrogens is 2. The molecule has 1 saturated carbocycles. The van der Waals surface area contributed by atoms with Crippen molar-refractivity contribution < 1.29 is 0 Å². The summed E-state index contributed by atoms with van der Waals surface area (Å²) in [6.07, 6.45) is 8.03. The number of nitrogens with two attached hydrogens (primary N) is 1. The Labute approximate surface area is 120 Å². The molecule has 4 nitrogen and oxygen atoms in total. The second kappa shape index (κ2) is 5.95. The molecule has 1 aliphatic carbocycles. The van der Waals surface area contributed by atoms with E-state index >= 15 is 0 Å². The van der Waals surface area contributed by atoms with E-state index < -0.39 is 0 Å². The van der Waals surface area contributed by atoms with Gasteiger partial charge in [-0.2, -0.15) is 4.98 Å². The highest BCUT2D eigenvalue weighted by molar-refractivity contribution is 6.32. The van der Waals surface area contributed by atoms with E-state index in [2.05, 4.69) is 29.1 Å². The molecule has 3 N–H and O–H groups in total. The molecule has 0 aromatic carbocycles. The van der Waals surface area contributed by atoms with E-state index in [0.717, 1.165) is 6.54 Å². The molecular formula is C14H23ClN4. The lowest BCUT2D eigenvalue weighted by molar-refractivity contribution is 0.252. The average molecular weight is 283 g/mol. The van der Waals surface area contributed by atoms with Crippen molar-refractivity contribution in [2.45, 2.75) is 46.0 Å². The predicted molar refractivity (Wildman–Crippen MR) is 80.3 cm³/mol. The quantitative estimate of drug-likeness (QED) is 0.864. The maximum atomic E-state index is 6.09. The van der Waals surface area contributed by atoms with E-state index in [-0.39, 0.29) is 5.95 Å². The van der Waals surface area contributed by atoms with Gasteiger partial charge in [-0.1, -0.05) is 38.3 Å². The number of anilines is 2. The van der Waals surface area contributed by atoms with Gasteiger partial charge in [0, 0.05) is 6.54 Å². The zero-order valence-corrected chi connectivity index (χ0v) is 12.5. The Morgan fingerprint density at radius 1 is 1.42 bits per heavy atom. The minimum atomic E-state index is 0.260. The lowest BCUT2D eigenvalue weighted by atomic mass is 9.78. The standard InChI is InChI=1S/C14H23ClN4/c1-10(2)7-14(5-3-4-6-14)9-18-12-11(15)8-17-13(16)19-12/h8,10H,3-7,9H2,1-2H3,(H3,16,17,18,19). The summed E-state index contributed by atoms with van der Waals surface area (Å²) in [5.74, 6) is 1.63. The smallest absolute Gasteiger partial charge is 0.222 e. The second-order valence-corrected chi connectivity index (χ2v) is 6.49. The Kier molecular flexibility index (Phi) is 4.50. The molecule has 19 heavy (non-hydrogen) atoms. The summed E-state index contributed by atoms with van der Waals surface area (Å²) in [6.45, 7) is 5.49. The van der Waals surface area contributed by atoms with Crippen LogP contribution >= 0.6 is 11.6 Å². The molecule has 106 valence electrons. The fourth-order valence-electron chi connectivity index (χ4n) is 3.22. The summed E-state index contributed by atoms with van der Waals surface area (Å²) in [4.78, 5) is 8.05. The van der Waals surface area contributed by atoms with Gasteiger partial charge in [-0.3, -0.25) is 0 Å². The molecule has 1 aromatic heterocycles. The summed E-state index contributed by atoms with van der Waals surface area (Å²) in [7, 11) is 0. The Morgan fingerprint density at radius 3 is 2.74 bits per heavy atom. The summed E-state index contributed by atoms with van der Waals surface area (Å²) in [5, 5.41) is 3.91. The minimum Gasteiger partial charge on any atom is -0.368 e. The molecule has 0 spiro atoms. The molecule has 0 saturated heterocycles. The number of nitrogens with zero attached hydrogens (tertiary/aromatic N) is 2. The molecule has 1 fully saturated rings. The van der Waals surface area contributed by atoms with Crippen molar-refractivity contribution in [1.82, 2.24) is 9.97 Å². The van der Waals surface area contributed by atoms with Crippen molar-refractivity contribution in [2.24, 2.45) is 11.3 Å². The van der Waals surface area contributed by atoms with Gasteiger partial charge in [-0.05, 0) is 30.6 Å². The van der Waals surface area contributed by atoms with Gasteiger partial charge in [0.1, 0.15) is 10.8 Å². The van der Waals surface area contributed by atoms with Crippen LogP contribution in [0.3, 0.4) is 0 Å². The zero-order valence-electron chi connectivity index (χ0n) is 11.7. The summed E-state index contributed by atoms with van der Waals surface area (Å²) in [6, 6.07) is 0. The minimum absolute atomic E-state index is 0.260. The molecular weight excluding hydrogens is 260 g/mol. The monoisotopic (exact) mass is 282 g/mol. The van der Waals surface area contributed by atoms with Gasteiger partial charge in [0.05, 0.1) is 6.20 Å². The summed E-state index contributed by atoms with van der Waals surface area (Å²) < 4.78 is 0. The molecule has 2 rings (SSSR count). The van der Waals surface area contributed by atoms with E-state index in [1.165, 1.54) is 32.1 Å². The topological polar surface area (TPSA) is 63.8 Å². The lowest BCUT2D eigenvalue weighted by Gasteiger charge is -2.31. The van der Waals surface area contributed by atoms with Crippen molar-refractivity contribution >= 4 is 23.4 Å². The third-order valence-corrected chi connectivity index (χ3v) is 4.18. The van der Waals surface area contributed by atoms with E-state index in [1.807, 2.05) is 0 Å². The Bertz CT molecular complexity index is 427. The van der Waals surface area contributed by atoms with Crippen molar-refractivity contribution in [3.63, 3.8) is 0 Å². The molecule has 0 unspecified atom stereocenters. The van der Waals surface area contributed by atoms with Gasteiger partial charge in [0.2, 0.25) is 5.95 Å². The van der Waals surface area contributed by atoms with Crippen LogP contribution in [0.1, 0.15) is 46.0 Å². The molecule has 0 radical (unpaired) electrons. The maximum Gasteiger partial charge on any atom is 0.222 e. The largest absolute Gasteiger partial charge is 0.368 e. The Morgan fingerprint density at radius 2 is 2.11 bits per heavy atom. The first kappa shape index (κ1) is 14.4. The van der Waals surface area contributed by atoms with Gasteiger partial charge in [-0.15, -0.1) is 0 Å². The van der Waals surface area contributed by atoms with E-state index in [0.29, 0.717) is 22.2 Å². The third-order valence-electron chi connectivity index (χ3n) is 3.90. The highest BCUT2D eigenvalue weighted by atomic mass is 35.5. The van der Waals surface area contributed by atoms with Gasteiger partial charge >= 0.3 is 0 Å². The van der Waals surface area contributed by atoms with E-state index in [4.69, 9.17) is 17.3 Å². The van der Waals surface area contributed by atoms with Crippen molar-refractivity contribution in [3.8, 4) is 0 Å². The number of nitrogens with one attached hydrogen (secondary N) is 1. The van der Waals surface area contributed by atoms with Crippen LogP contribution in [-0.4, -0.2) is 16.5 Å². The molecule has 1 heterocycles. The molecule has 0 aliphatic heterocycles. The number of nitrogen functional groups attached to an aromatic ring is 1. The van der Waals surface area contributed by atoms with Crippen molar-refractivity contribution in [3.05, 3.63) is 11.2 Å². The van der Waals surface area contributed by atoms with Crippen LogP contribution < -0.4 is 11.1 Å². The third kappa shape index (κ3) is 3.72. The SMILES string of the molecule is CC(C)CC1(CNc2nc(N)ncc2Cl)CCCC1. The number of hydrogen-bond donors (Lipinski definition) is 2. The molecule has 0 bridgehead atoms. The number of rotatable bonds is 5. The number of halogens is 1. The van der Waals surface area contributed by atoms with Crippen LogP contribution in [0.15, 0.2) is 6.20 Å². The van der Waals surface area contributed by atoms with Crippen LogP contribution in [-0.2, 0) is 0 Å². The first-order valence-corrected chi connectivity index (χ1v) is 7.40. The Balaban J connectivity index is 2.04. The second-order valence-electron chi connectivity index (χ2n) is 6.08. The van der Waals surface area contributed by atoms with Gasteiger partial charge in [0.15, 0.2) is 0 Å². The van der Waals surface area contributed by atoms with Crippen LogP contribution in [0.5, 0.6) is 0 Å². The lowest BCUT2D eigenvalue weighted by Crippen LogP contribution is -2.29. The van der Waals surface area contributed by atoms with Gasteiger partial charge in [-0.25, -0.2) is 4.98 Å². The highest BCUT2D eigenvalue weighted by Gasteiger charge is 2.34. The highest BCUT2D eigenvalue weighted by Crippen LogP contribution is 2.43. The maximum absolute atomic E-state index is 6.09. The molecule has 1 aliphatic rings. The summed E-state index contributed by atoms with van der Waals surface area (Å²) in [5.41, 5.74) is 5.99. The van der Waals surface area contributed by atoms with E-state index in [1.54, 1.807) is 6.20 Å².